The van der Waals surface area contributed by atoms with Gasteiger partial charge in [0.05, 0.1) is 19.0 Å². The predicted octanol–water partition coefficient (Wildman–Crippen LogP) is 3.09. The number of nitrogens with one attached hydrogen (secondary N) is 2. The molecule has 0 bridgehead atoms. The Labute approximate surface area is 188 Å². The highest BCUT2D eigenvalue weighted by Gasteiger charge is 2.32. The van der Waals surface area contributed by atoms with Crippen molar-refractivity contribution in [3.63, 3.8) is 0 Å². The maximum atomic E-state index is 12.7. The van der Waals surface area contributed by atoms with Crippen molar-refractivity contribution >= 4 is 35.0 Å². The highest BCUT2D eigenvalue weighted by molar-refractivity contribution is 5.98. The Balaban J connectivity index is 1.70. The molecule has 1 saturated carbocycles. The van der Waals surface area contributed by atoms with Crippen LogP contribution in [0.15, 0.2) is 24.4 Å². The molecule has 170 valence electrons. The van der Waals surface area contributed by atoms with Crippen molar-refractivity contribution in [2.75, 3.05) is 42.4 Å². The first-order chi connectivity index (χ1) is 15.5. The Hall–Kier alpha value is -3.36. The van der Waals surface area contributed by atoms with E-state index in [2.05, 4.69) is 20.5 Å². The lowest BCUT2D eigenvalue weighted by Crippen LogP contribution is -2.34. The molecule has 1 aliphatic carbocycles. The number of fused-ring (bicyclic) bond motifs is 1. The summed E-state index contributed by atoms with van der Waals surface area (Å²) in [5.74, 6) is 1.64. The summed E-state index contributed by atoms with van der Waals surface area (Å²) in [6, 6.07) is 5.56. The molecule has 2 aliphatic rings. The fourth-order valence-corrected chi connectivity index (χ4v) is 4.54. The van der Waals surface area contributed by atoms with Gasteiger partial charge in [0, 0.05) is 38.2 Å². The number of hydrogen-bond donors (Lipinski definition) is 2. The van der Waals surface area contributed by atoms with Crippen LogP contribution in [-0.4, -0.2) is 55.1 Å². The van der Waals surface area contributed by atoms with Gasteiger partial charge < -0.3 is 25.2 Å². The third-order valence-electron chi connectivity index (χ3n) is 6.20. The Kier molecular flexibility index (Phi) is 6.43. The monoisotopic (exact) mass is 438 g/mol. The third kappa shape index (κ3) is 4.19. The predicted molar refractivity (Wildman–Crippen MR) is 124 cm³/mol. The van der Waals surface area contributed by atoms with E-state index in [0.717, 1.165) is 24.3 Å². The summed E-state index contributed by atoms with van der Waals surface area (Å²) in [6.07, 6.45) is 6.82. The van der Waals surface area contributed by atoms with E-state index in [-0.39, 0.29) is 11.8 Å². The zero-order valence-corrected chi connectivity index (χ0v) is 18.9. The first-order valence-corrected chi connectivity index (χ1v) is 11.2. The largest absolute Gasteiger partial charge is 0.495 e. The van der Waals surface area contributed by atoms with Crippen molar-refractivity contribution in [3.8, 4) is 5.75 Å². The standard InChI is InChI=1S/C23H30N6O3/c1-4-28-18-14-25-23(26-17-10-9-15(22(31)24-2)13-19(17)32-3)27-21(18)29(12-11-20(28)30)16-7-5-6-8-16/h9-10,13-14,16H,4-8,11-12H2,1-3H3,(H,24,31)(H,25,26,27). The summed E-state index contributed by atoms with van der Waals surface area (Å²) in [5, 5.41) is 5.83. The van der Waals surface area contributed by atoms with Crippen molar-refractivity contribution < 1.29 is 14.3 Å². The minimum Gasteiger partial charge on any atom is -0.495 e. The Morgan fingerprint density at radius 2 is 2.06 bits per heavy atom. The molecule has 2 N–H and O–H groups in total. The van der Waals surface area contributed by atoms with Gasteiger partial charge in [-0.3, -0.25) is 9.59 Å². The molecule has 1 aromatic heterocycles. The van der Waals surface area contributed by atoms with Crippen molar-refractivity contribution in [3.05, 3.63) is 30.0 Å². The van der Waals surface area contributed by atoms with E-state index >= 15 is 0 Å². The molecule has 9 nitrogen and oxygen atoms in total. The van der Waals surface area contributed by atoms with Gasteiger partial charge in [0.2, 0.25) is 11.9 Å². The maximum Gasteiger partial charge on any atom is 0.251 e. The number of carbonyl (C=O) groups excluding carboxylic acids is 2. The number of benzene rings is 1. The van der Waals surface area contributed by atoms with Gasteiger partial charge in [0.25, 0.3) is 5.91 Å². The van der Waals surface area contributed by atoms with Crippen LogP contribution in [0.5, 0.6) is 5.75 Å². The Bertz CT molecular complexity index is 1010. The number of anilines is 4. The molecule has 1 aromatic carbocycles. The molecule has 0 spiro atoms. The molecule has 0 saturated heterocycles. The second-order valence-electron chi connectivity index (χ2n) is 8.04. The SMILES string of the molecule is CCN1C(=O)CCN(C2CCCC2)c2nc(Nc3ccc(C(=O)NC)cc3OC)ncc21. The molecular formula is C23H30N6O3. The lowest BCUT2D eigenvalue weighted by Gasteiger charge is -2.30. The number of methoxy groups -OCH3 is 1. The molecule has 0 atom stereocenters. The van der Waals surface area contributed by atoms with Gasteiger partial charge in [-0.15, -0.1) is 0 Å². The average molecular weight is 439 g/mol. The summed E-state index contributed by atoms with van der Waals surface area (Å²) >= 11 is 0. The molecule has 0 radical (unpaired) electrons. The van der Waals surface area contributed by atoms with Crippen LogP contribution in [-0.2, 0) is 4.79 Å². The van der Waals surface area contributed by atoms with Crippen LogP contribution in [0.4, 0.5) is 23.1 Å². The van der Waals surface area contributed by atoms with Gasteiger partial charge in [-0.05, 0) is 38.0 Å². The Morgan fingerprint density at radius 3 is 2.75 bits per heavy atom. The van der Waals surface area contributed by atoms with E-state index in [1.807, 2.05) is 6.92 Å². The lowest BCUT2D eigenvalue weighted by molar-refractivity contribution is -0.118. The first kappa shape index (κ1) is 21.9. The highest BCUT2D eigenvalue weighted by Crippen LogP contribution is 2.37. The third-order valence-corrected chi connectivity index (χ3v) is 6.20. The van der Waals surface area contributed by atoms with E-state index < -0.39 is 0 Å². The summed E-state index contributed by atoms with van der Waals surface area (Å²) in [5.41, 5.74) is 1.92. The molecule has 2 amide bonds. The summed E-state index contributed by atoms with van der Waals surface area (Å²) in [7, 11) is 3.14. The number of aromatic nitrogens is 2. The Morgan fingerprint density at radius 1 is 1.28 bits per heavy atom. The molecular weight excluding hydrogens is 408 g/mol. The molecule has 2 aromatic rings. The quantitative estimate of drug-likeness (QED) is 0.715. The molecule has 32 heavy (non-hydrogen) atoms. The fourth-order valence-electron chi connectivity index (χ4n) is 4.54. The van der Waals surface area contributed by atoms with Crippen LogP contribution in [0.3, 0.4) is 0 Å². The molecule has 2 heterocycles. The van der Waals surface area contributed by atoms with Crippen LogP contribution in [0.1, 0.15) is 49.4 Å². The zero-order chi connectivity index (χ0) is 22.7. The number of nitrogens with zero attached hydrogens (tertiary/aromatic N) is 4. The minimum atomic E-state index is -0.187. The van der Waals surface area contributed by atoms with Crippen molar-refractivity contribution in [1.82, 2.24) is 15.3 Å². The lowest BCUT2D eigenvalue weighted by atomic mass is 10.1. The van der Waals surface area contributed by atoms with Gasteiger partial charge in [-0.2, -0.15) is 4.98 Å². The van der Waals surface area contributed by atoms with Crippen molar-refractivity contribution in [2.24, 2.45) is 0 Å². The van der Waals surface area contributed by atoms with Gasteiger partial charge in [-0.1, -0.05) is 12.8 Å². The number of carbonyl (C=O) groups is 2. The molecule has 0 unspecified atom stereocenters. The normalized spacial score (nSPS) is 16.5. The molecule has 4 rings (SSSR count). The smallest absolute Gasteiger partial charge is 0.251 e. The van der Waals surface area contributed by atoms with Crippen LogP contribution in [0.25, 0.3) is 0 Å². The summed E-state index contributed by atoms with van der Waals surface area (Å²) in [6.45, 7) is 3.21. The van der Waals surface area contributed by atoms with Gasteiger partial charge in [0.1, 0.15) is 11.4 Å². The summed E-state index contributed by atoms with van der Waals surface area (Å²) in [4.78, 5) is 38.1. The maximum absolute atomic E-state index is 12.7. The van der Waals surface area contributed by atoms with Gasteiger partial charge >= 0.3 is 0 Å². The number of hydrogen-bond acceptors (Lipinski definition) is 7. The van der Waals surface area contributed by atoms with Crippen molar-refractivity contribution in [1.29, 1.82) is 0 Å². The second-order valence-corrected chi connectivity index (χ2v) is 8.04. The van der Waals surface area contributed by atoms with Crippen LogP contribution in [0, 0.1) is 0 Å². The number of amides is 2. The topological polar surface area (TPSA) is 99.7 Å². The molecule has 1 fully saturated rings. The second kappa shape index (κ2) is 9.42. The fraction of sp³-hybridized carbons (Fsp3) is 0.478. The number of rotatable bonds is 6. The average Bonchev–Trinajstić information content (AvgIpc) is 3.30. The van der Waals surface area contributed by atoms with E-state index in [0.29, 0.717) is 48.5 Å². The van der Waals surface area contributed by atoms with Gasteiger partial charge in [-0.25, -0.2) is 4.98 Å². The highest BCUT2D eigenvalue weighted by atomic mass is 16.5. The minimum absolute atomic E-state index is 0.102. The van der Waals surface area contributed by atoms with Crippen LogP contribution < -0.4 is 25.2 Å². The molecule has 1 aliphatic heterocycles. The van der Waals surface area contributed by atoms with E-state index in [1.165, 1.54) is 12.8 Å². The van der Waals surface area contributed by atoms with Crippen LogP contribution in [0.2, 0.25) is 0 Å². The van der Waals surface area contributed by atoms with Crippen molar-refractivity contribution in [2.45, 2.75) is 45.1 Å². The van der Waals surface area contributed by atoms with E-state index in [4.69, 9.17) is 9.72 Å². The van der Waals surface area contributed by atoms with E-state index in [9.17, 15) is 9.59 Å². The van der Waals surface area contributed by atoms with Crippen LogP contribution >= 0.6 is 0 Å². The first-order valence-electron chi connectivity index (χ1n) is 11.2. The van der Waals surface area contributed by atoms with E-state index in [1.54, 1.807) is 43.5 Å². The number of ether oxygens (including phenoxy) is 1. The summed E-state index contributed by atoms with van der Waals surface area (Å²) < 4.78 is 5.48. The van der Waals surface area contributed by atoms with Gasteiger partial charge in [0.15, 0.2) is 5.82 Å². The molecule has 9 heteroatoms. The zero-order valence-electron chi connectivity index (χ0n) is 18.9.